The number of aromatic nitrogens is 2. The second-order valence-electron chi connectivity index (χ2n) is 4.96. The lowest BCUT2D eigenvalue weighted by molar-refractivity contribution is 0.444. The van der Waals surface area contributed by atoms with Gasteiger partial charge in [-0.3, -0.25) is 0 Å². The Morgan fingerprint density at radius 2 is 2.17 bits per heavy atom. The average molecular weight is 249 g/mol. The Morgan fingerprint density at radius 1 is 1.39 bits per heavy atom. The Kier molecular flexibility index (Phi) is 4.36. The molecule has 1 aliphatic carbocycles. The first-order valence-corrected chi connectivity index (χ1v) is 6.67. The normalized spacial score (nSPS) is 15.3. The van der Waals surface area contributed by atoms with E-state index in [1.807, 2.05) is 20.0 Å². The second-order valence-corrected chi connectivity index (χ2v) is 4.96. The fourth-order valence-corrected chi connectivity index (χ4v) is 1.98. The Labute approximate surface area is 109 Å². The number of nitrogens with zero attached hydrogens (tertiary/aromatic N) is 3. The van der Waals surface area contributed by atoms with Crippen molar-refractivity contribution < 1.29 is 0 Å². The van der Waals surface area contributed by atoms with Crippen LogP contribution in [0.3, 0.4) is 0 Å². The van der Waals surface area contributed by atoms with E-state index in [1.165, 1.54) is 19.3 Å². The topological polar surface area (TPSA) is 53.1 Å². The molecule has 2 N–H and O–H groups in total. The molecule has 100 valence electrons. The van der Waals surface area contributed by atoms with Gasteiger partial charge >= 0.3 is 0 Å². The molecule has 1 fully saturated rings. The third kappa shape index (κ3) is 3.32. The maximum absolute atomic E-state index is 4.48. The van der Waals surface area contributed by atoms with Crippen LogP contribution >= 0.6 is 0 Å². The zero-order chi connectivity index (χ0) is 13.0. The number of rotatable bonds is 6. The lowest BCUT2D eigenvalue weighted by Crippen LogP contribution is -2.29. The summed E-state index contributed by atoms with van der Waals surface area (Å²) in [6, 6.07) is 2.65. The fraction of sp³-hybridized carbons (Fsp3) is 0.692. The maximum atomic E-state index is 4.48. The summed E-state index contributed by atoms with van der Waals surface area (Å²) in [6.45, 7) is 3.84. The molecule has 0 atom stereocenters. The van der Waals surface area contributed by atoms with Crippen molar-refractivity contribution in [2.45, 2.75) is 32.2 Å². The summed E-state index contributed by atoms with van der Waals surface area (Å²) in [5.41, 5.74) is 0. The molecule has 1 aromatic heterocycles. The first-order chi connectivity index (χ1) is 8.69. The second kappa shape index (κ2) is 6.00. The van der Waals surface area contributed by atoms with E-state index in [0.717, 1.165) is 30.5 Å². The maximum Gasteiger partial charge on any atom is 0.134 e. The lowest BCUT2D eigenvalue weighted by Gasteiger charge is -2.27. The van der Waals surface area contributed by atoms with Crippen molar-refractivity contribution in [2.24, 2.45) is 0 Å². The van der Waals surface area contributed by atoms with Crippen LogP contribution in [0.1, 0.15) is 25.1 Å². The van der Waals surface area contributed by atoms with Crippen molar-refractivity contribution in [1.29, 1.82) is 0 Å². The highest BCUT2D eigenvalue weighted by atomic mass is 15.2. The fourth-order valence-electron chi connectivity index (χ4n) is 1.98. The first-order valence-electron chi connectivity index (χ1n) is 6.67. The van der Waals surface area contributed by atoms with E-state index in [1.54, 1.807) is 0 Å². The highest BCUT2D eigenvalue weighted by molar-refractivity contribution is 5.49. The summed E-state index contributed by atoms with van der Waals surface area (Å²) in [5.74, 6) is 2.77. The molecule has 0 radical (unpaired) electrons. The Bertz CT molecular complexity index is 389. The number of likely N-dealkylation sites (N-methyl/N-ethyl adjacent to an activating group) is 2. The van der Waals surface area contributed by atoms with Crippen LogP contribution < -0.4 is 15.5 Å². The van der Waals surface area contributed by atoms with Gasteiger partial charge in [0.2, 0.25) is 0 Å². The Balaban J connectivity index is 2.04. The van der Waals surface area contributed by atoms with E-state index < -0.39 is 0 Å². The standard InChI is InChI=1S/C13H23N5/c1-10-15-12(17-11-5-4-6-11)9-13(16-10)18(3)8-7-14-2/h9,11,14H,4-8H2,1-3H3,(H,15,16,17). The number of hydrogen-bond acceptors (Lipinski definition) is 5. The number of anilines is 2. The van der Waals surface area contributed by atoms with Crippen LogP contribution in [-0.4, -0.2) is 43.2 Å². The molecule has 0 unspecified atom stereocenters. The molecule has 5 heteroatoms. The summed E-state index contributed by atoms with van der Waals surface area (Å²) in [5, 5.41) is 6.62. The van der Waals surface area contributed by atoms with Gasteiger partial charge in [0.1, 0.15) is 17.5 Å². The zero-order valence-corrected chi connectivity index (χ0v) is 11.5. The molecule has 2 rings (SSSR count). The molecule has 18 heavy (non-hydrogen) atoms. The minimum atomic E-state index is 0.606. The predicted octanol–water partition coefficient (Wildman–Crippen LogP) is 1.41. The van der Waals surface area contributed by atoms with Gasteiger partial charge < -0.3 is 15.5 Å². The molecule has 1 aliphatic rings. The van der Waals surface area contributed by atoms with E-state index in [4.69, 9.17) is 0 Å². The largest absolute Gasteiger partial charge is 0.367 e. The van der Waals surface area contributed by atoms with E-state index in [-0.39, 0.29) is 0 Å². The molecule has 0 spiro atoms. The van der Waals surface area contributed by atoms with Crippen LogP contribution in [-0.2, 0) is 0 Å². The monoisotopic (exact) mass is 249 g/mol. The first kappa shape index (κ1) is 13.1. The number of hydrogen-bond donors (Lipinski definition) is 2. The van der Waals surface area contributed by atoms with Gasteiger partial charge in [-0.15, -0.1) is 0 Å². The molecule has 1 aromatic rings. The highest BCUT2D eigenvalue weighted by Crippen LogP contribution is 2.23. The van der Waals surface area contributed by atoms with E-state index in [0.29, 0.717) is 6.04 Å². The summed E-state index contributed by atoms with van der Waals surface area (Å²) in [6.07, 6.45) is 3.85. The summed E-state index contributed by atoms with van der Waals surface area (Å²) in [7, 11) is 4.02. The quantitative estimate of drug-likeness (QED) is 0.798. The molecular weight excluding hydrogens is 226 g/mol. The van der Waals surface area contributed by atoms with E-state index in [9.17, 15) is 0 Å². The summed E-state index contributed by atoms with van der Waals surface area (Å²) >= 11 is 0. The van der Waals surface area contributed by atoms with Gasteiger partial charge in [-0.2, -0.15) is 0 Å². The number of nitrogens with one attached hydrogen (secondary N) is 2. The lowest BCUT2D eigenvalue weighted by atomic mass is 9.93. The third-order valence-electron chi connectivity index (χ3n) is 3.37. The van der Waals surface area contributed by atoms with Crippen LogP contribution in [0.4, 0.5) is 11.6 Å². The van der Waals surface area contributed by atoms with Crippen molar-refractivity contribution in [3.63, 3.8) is 0 Å². The molecule has 0 bridgehead atoms. The molecule has 0 aliphatic heterocycles. The van der Waals surface area contributed by atoms with Gasteiger partial charge in [0.25, 0.3) is 0 Å². The van der Waals surface area contributed by atoms with Gasteiger partial charge in [0.15, 0.2) is 0 Å². The van der Waals surface area contributed by atoms with Crippen molar-refractivity contribution in [1.82, 2.24) is 15.3 Å². The number of aryl methyl sites for hydroxylation is 1. The van der Waals surface area contributed by atoms with Crippen LogP contribution in [0, 0.1) is 6.92 Å². The molecular formula is C13H23N5. The highest BCUT2D eigenvalue weighted by Gasteiger charge is 2.18. The Morgan fingerprint density at radius 3 is 2.78 bits per heavy atom. The van der Waals surface area contributed by atoms with Crippen LogP contribution in [0.2, 0.25) is 0 Å². The smallest absolute Gasteiger partial charge is 0.134 e. The van der Waals surface area contributed by atoms with Gasteiger partial charge in [0, 0.05) is 32.2 Å². The van der Waals surface area contributed by atoms with Gasteiger partial charge in [0.05, 0.1) is 0 Å². The van der Waals surface area contributed by atoms with Crippen molar-refractivity contribution in [3.8, 4) is 0 Å². The van der Waals surface area contributed by atoms with Crippen LogP contribution in [0.5, 0.6) is 0 Å². The van der Waals surface area contributed by atoms with Crippen LogP contribution in [0.15, 0.2) is 6.07 Å². The van der Waals surface area contributed by atoms with Gasteiger partial charge in [-0.05, 0) is 33.2 Å². The minimum absolute atomic E-state index is 0.606. The molecule has 0 saturated heterocycles. The molecule has 1 heterocycles. The molecule has 1 saturated carbocycles. The van der Waals surface area contributed by atoms with E-state index >= 15 is 0 Å². The van der Waals surface area contributed by atoms with E-state index in [2.05, 4.69) is 32.5 Å². The third-order valence-corrected chi connectivity index (χ3v) is 3.37. The van der Waals surface area contributed by atoms with Crippen LogP contribution in [0.25, 0.3) is 0 Å². The molecule has 0 aromatic carbocycles. The van der Waals surface area contributed by atoms with Crippen molar-refractivity contribution in [3.05, 3.63) is 11.9 Å². The summed E-state index contributed by atoms with van der Waals surface area (Å²) < 4.78 is 0. The molecule has 0 amide bonds. The van der Waals surface area contributed by atoms with Gasteiger partial charge in [-0.25, -0.2) is 9.97 Å². The molecule has 5 nitrogen and oxygen atoms in total. The SMILES string of the molecule is CNCCN(C)c1cc(NC2CCC2)nc(C)n1. The minimum Gasteiger partial charge on any atom is -0.367 e. The summed E-state index contributed by atoms with van der Waals surface area (Å²) in [4.78, 5) is 11.1. The van der Waals surface area contributed by atoms with Crippen molar-refractivity contribution in [2.75, 3.05) is 37.4 Å². The predicted molar refractivity (Wildman–Crippen MR) is 75.2 cm³/mol. The van der Waals surface area contributed by atoms with Crippen molar-refractivity contribution >= 4 is 11.6 Å². The average Bonchev–Trinajstić information content (AvgIpc) is 2.30. The van der Waals surface area contributed by atoms with Gasteiger partial charge in [-0.1, -0.05) is 0 Å². The zero-order valence-electron chi connectivity index (χ0n) is 11.5. The Hall–Kier alpha value is -1.36.